The summed E-state index contributed by atoms with van der Waals surface area (Å²) in [5, 5.41) is 11.3. The first-order valence-electron chi connectivity index (χ1n) is 6.15. The van der Waals surface area contributed by atoms with E-state index < -0.39 is 5.97 Å². The van der Waals surface area contributed by atoms with Crippen molar-refractivity contribution in [1.82, 2.24) is 10.2 Å². The molecule has 2 N–H and O–H groups in total. The highest BCUT2D eigenvalue weighted by Crippen LogP contribution is 2.06. The maximum Gasteiger partial charge on any atom is 0.305 e. The first kappa shape index (κ1) is 15.2. The molecule has 0 heterocycles. The normalized spacial score (nSPS) is 12.2. The number of rotatable bonds is 6. The molecular formula is C14H20N2O3. The predicted molar refractivity (Wildman–Crippen MR) is 73.0 cm³/mol. The minimum Gasteiger partial charge on any atom is -0.481 e. The summed E-state index contributed by atoms with van der Waals surface area (Å²) in [5.74, 6) is -1.17. The summed E-state index contributed by atoms with van der Waals surface area (Å²) < 4.78 is 0. The molecule has 0 aliphatic carbocycles. The third kappa shape index (κ3) is 5.52. The summed E-state index contributed by atoms with van der Waals surface area (Å²) in [6.07, 6.45) is -0.0789. The number of hydrogen-bond acceptors (Lipinski definition) is 3. The summed E-state index contributed by atoms with van der Waals surface area (Å²) in [5.41, 5.74) is 1.67. The molecule has 0 bridgehead atoms. The Kier molecular flexibility index (Phi) is 5.51. The van der Waals surface area contributed by atoms with Gasteiger partial charge in [-0.25, -0.2) is 0 Å². The van der Waals surface area contributed by atoms with Gasteiger partial charge in [0.05, 0.1) is 6.42 Å². The number of benzene rings is 1. The third-order valence-electron chi connectivity index (χ3n) is 2.57. The van der Waals surface area contributed by atoms with Crippen LogP contribution >= 0.6 is 0 Å². The number of carbonyl (C=O) groups excluding carboxylic acids is 1. The fraction of sp³-hybridized carbons (Fsp3) is 0.429. The standard InChI is InChI=1S/C14H20N2O3/c1-10(8-13(17)18)15-14(19)12-6-4-11(5-7-12)9-16(2)3/h4-7,10H,8-9H2,1-3H3,(H,15,19)(H,17,18). The molecule has 0 radical (unpaired) electrons. The Morgan fingerprint density at radius 1 is 1.26 bits per heavy atom. The van der Waals surface area contributed by atoms with Crippen molar-refractivity contribution < 1.29 is 14.7 Å². The SMILES string of the molecule is CC(CC(=O)O)NC(=O)c1ccc(CN(C)C)cc1. The highest BCUT2D eigenvalue weighted by atomic mass is 16.4. The molecule has 1 rings (SSSR count). The van der Waals surface area contributed by atoms with Crippen LogP contribution in [0, 0.1) is 0 Å². The van der Waals surface area contributed by atoms with E-state index in [-0.39, 0.29) is 18.4 Å². The van der Waals surface area contributed by atoms with Crippen LogP contribution in [0.15, 0.2) is 24.3 Å². The lowest BCUT2D eigenvalue weighted by Crippen LogP contribution is -2.34. The Labute approximate surface area is 113 Å². The number of carbonyl (C=O) groups is 2. The van der Waals surface area contributed by atoms with Crippen LogP contribution in [0.5, 0.6) is 0 Å². The Morgan fingerprint density at radius 3 is 2.32 bits per heavy atom. The zero-order chi connectivity index (χ0) is 14.4. The zero-order valence-corrected chi connectivity index (χ0v) is 11.5. The topological polar surface area (TPSA) is 69.6 Å². The quantitative estimate of drug-likeness (QED) is 0.813. The summed E-state index contributed by atoms with van der Waals surface area (Å²) in [6.45, 7) is 2.49. The van der Waals surface area contributed by atoms with Gasteiger partial charge in [0.15, 0.2) is 0 Å². The van der Waals surface area contributed by atoms with Gasteiger partial charge in [-0.1, -0.05) is 12.1 Å². The molecule has 5 heteroatoms. The van der Waals surface area contributed by atoms with Crippen molar-refractivity contribution in [2.24, 2.45) is 0 Å². The number of nitrogens with one attached hydrogen (secondary N) is 1. The van der Waals surface area contributed by atoms with Gasteiger partial charge in [0.2, 0.25) is 0 Å². The molecular weight excluding hydrogens is 244 g/mol. The van der Waals surface area contributed by atoms with Crippen molar-refractivity contribution in [1.29, 1.82) is 0 Å². The molecule has 1 unspecified atom stereocenters. The minimum atomic E-state index is -0.922. The van der Waals surface area contributed by atoms with Crippen molar-refractivity contribution >= 4 is 11.9 Å². The second kappa shape index (κ2) is 6.89. The minimum absolute atomic E-state index is 0.0789. The highest BCUT2D eigenvalue weighted by molar-refractivity contribution is 5.94. The molecule has 1 amide bonds. The first-order valence-corrected chi connectivity index (χ1v) is 6.15. The number of nitrogens with zero attached hydrogens (tertiary/aromatic N) is 1. The molecule has 0 spiro atoms. The summed E-state index contributed by atoms with van der Waals surface area (Å²) >= 11 is 0. The van der Waals surface area contributed by atoms with Gasteiger partial charge in [0, 0.05) is 18.2 Å². The van der Waals surface area contributed by atoms with Gasteiger partial charge < -0.3 is 15.3 Å². The fourth-order valence-corrected chi connectivity index (χ4v) is 1.75. The molecule has 0 fully saturated rings. The van der Waals surface area contributed by atoms with Crippen LogP contribution in [0.2, 0.25) is 0 Å². The van der Waals surface area contributed by atoms with Crippen molar-refractivity contribution in [2.75, 3.05) is 14.1 Å². The molecule has 0 saturated heterocycles. The van der Waals surface area contributed by atoms with Gasteiger partial charge >= 0.3 is 5.97 Å². The van der Waals surface area contributed by atoms with Gasteiger partial charge in [0.25, 0.3) is 5.91 Å². The number of hydrogen-bond donors (Lipinski definition) is 2. The van der Waals surface area contributed by atoms with Gasteiger partial charge in [0.1, 0.15) is 0 Å². The van der Waals surface area contributed by atoms with Crippen LogP contribution < -0.4 is 5.32 Å². The molecule has 104 valence electrons. The van der Waals surface area contributed by atoms with Gasteiger partial charge in [-0.3, -0.25) is 9.59 Å². The number of aliphatic carboxylic acids is 1. The lowest BCUT2D eigenvalue weighted by atomic mass is 10.1. The van der Waals surface area contributed by atoms with E-state index in [2.05, 4.69) is 5.32 Å². The predicted octanol–water partition coefficient (Wildman–Crippen LogP) is 1.34. The number of amides is 1. The first-order chi connectivity index (χ1) is 8.88. The van der Waals surface area contributed by atoms with Crippen molar-refractivity contribution in [2.45, 2.75) is 25.9 Å². The Morgan fingerprint density at radius 2 is 1.84 bits per heavy atom. The third-order valence-corrected chi connectivity index (χ3v) is 2.57. The van der Waals surface area contributed by atoms with Crippen LogP contribution in [-0.2, 0) is 11.3 Å². The van der Waals surface area contributed by atoms with Gasteiger partial charge in [-0.05, 0) is 38.7 Å². The lowest BCUT2D eigenvalue weighted by Gasteiger charge is -2.12. The zero-order valence-electron chi connectivity index (χ0n) is 11.5. The summed E-state index contributed by atoms with van der Waals surface area (Å²) in [6, 6.07) is 6.92. The van der Waals surface area contributed by atoms with E-state index in [4.69, 9.17) is 5.11 Å². The Bertz CT molecular complexity index is 441. The van der Waals surface area contributed by atoms with Crippen LogP contribution in [0.4, 0.5) is 0 Å². The fourth-order valence-electron chi connectivity index (χ4n) is 1.75. The molecule has 19 heavy (non-hydrogen) atoms. The molecule has 1 atom stereocenters. The van der Waals surface area contributed by atoms with E-state index in [1.54, 1.807) is 19.1 Å². The second-order valence-corrected chi connectivity index (χ2v) is 4.91. The average molecular weight is 264 g/mol. The maximum absolute atomic E-state index is 11.9. The van der Waals surface area contributed by atoms with Crippen LogP contribution in [0.25, 0.3) is 0 Å². The molecule has 0 aliphatic rings. The number of carboxylic acid groups (broad SMARTS) is 1. The van der Waals surface area contributed by atoms with E-state index in [0.717, 1.165) is 12.1 Å². The highest BCUT2D eigenvalue weighted by Gasteiger charge is 2.12. The van der Waals surface area contributed by atoms with Crippen molar-refractivity contribution in [3.63, 3.8) is 0 Å². The van der Waals surface area contributed by atoms with Crippen LogP contribution in [0.3, 0.4) is 0 Å². The molecule has 1 aromatic rings. The molecule has 0 aliphatic heterocycles. The van der Waals surface area contributed by atoms with E-state index in [9.17, 15) is 9.59 Å². The maximum atomic E-state index is 11.9. The lowest BCUT2D eigenvalue weighted by molar-refractivity contribution is -0.137. The summed E-state index contributed by atoms with van der Waals surface area (Å²) in [4.78, 5) is 24.4. The Balaban J connectivity index is 2.60. The van der Waals surface area contributed by atoms with E-state index in [1.807, 2.05) is 31.1 Å². The molecule has 0 saturated carbocycles. The molecule has 5 nitrogen and oxygen atoms in total. The summed E-state index contributed by atoms with van der Waals surface area (Å²) in [7, 11) is 3.96. The smallest absolute Gasteiger partial charge is 0.305 e. The largest absolute Gasteiger partial charge is 0.481 e. The van der Waals surface area contributed by atoms with Gasteiger partial charge in [-0.15, -0.1) is 0 Å². The van der Waals surface area contributed by atoms with Crippen LogP contribution in [0.1, 0.15) is 29.3 Å². The van der Waals surface area contributed by atoms with Crippen molar-refractivity contribution in [3.05, 3.63) is 35.4 Å². The average Bonchev–Trinajstić information content (AvgIpc) is 2.27. The van der Waals surface area contributed by atoms with Crippen LogP contribution in [-0.4, -0.2) is 42.0 Å². The molecule has 0 aromatic heterocycles. The second-order valence-electron chi connectivity index (χ2n) is 4.91. The Hall–Kier alpha value is -1.88. The van der Waals surface area contributed by atoms with Gasteiger partial charge in [-0.2, -0.15) is 0 Å². The van der Waals surface area contributed by atoms with E-state index in [0.29, 0.717) is 5.56 Å². The van der Waals surface area contributed by atoms with Crippen molar-refractivity contribution in [3.8, 4) is 0 Å². The van der Waals surface area contributed by atoms with E-state index >= 15 is 0 Å². The van der Waals surface area contributed by atoms with E-state index in [1.165, 1.54) is 0 Å². The number of carboxylic acids is 1. The molecule has 1 aromatic carbocycles. The monoisotopic (exact) mass is 264 g/mol.